The Labute approximate surface area is 114 Å². The summed E-state index contributed by atoms with van der Waals surface area (Å²) in [5.74, 6) is 3.28. The summed E-state index contributed by atoms with van der Waals surface area (Å²) in [5.41, 5.74) is 0.875. The number of piperidine rings is 1. The lowest BCUT2D eigenvalue weighted by Gasteiger charge is -2.41. The van der Waals surface area contributed by atoms with Gasteiger partial charge in [0.25, 0.3) is 0 Å². The van der Waals surface area contributed by atoms with Crippen molar-refractivity contribution >= 4 is 17.4 Å². The summed E-state index contributed by atoms with van der Waals surface area (Å²) in [6.45, 7) is 2.28. The van der Waals surface area contributed by atoms with Crippen LogP contribution in [-0.4, -0.2) is 23.1 Å². The second-order valence-corrected chi connectivity index (χ2v) is 5.81. The lowest BCUT2D eigenvalue weighted by molar-refractivity contribution is 0.202. The lowest BCUT2D eigenvalue weighted by Crippen LogP contribution is -2.42. The predicted molar refractivity (Wildman–Crippen MR) is 73.9 cm³/mol. The minimum Gasteiger partial charge on any atom is -0.355 e. The van der Waals surface area contributed by atoms with E-state index in [1.165, 1.54) is 32.1 Å². The third kappa shape index (κ3) is 2.46. The molecule has 2 fully saturated rings. The molecule has 2 heterocycles. The highest BCUT2D eigenvalue weighted by Gasteiger charge is 2.31. The Morgan fingerprint density at radius 3 is 2.83 bits per heavy atom. The molecule has 0 radical (unpaired) electrons. The summed E-state index contributed by atoms with van der Waals surface area (Å²) in [4.78, 5) is 11.2. The van der Waals surface area contributed by atoms with Crippen molar-refractivity contribution in [1.29, 1.82) is 0 Å². The third-order valence-electron chi connectivity index (χ3n) is 4.42. The summed E-state index contributed by atoms with van der Waals surface area (Å²) in [5, 5.41) is 0. The van der Waals surface area contributed by atoms with E-state index in [1.807, 2.05) is 6.20 Å². The Morgan fingerprint density at radius 1 is 1.17 bits per heavy atom. The molecule has 18 heavy (non-hydrogen) atoms. The van der Waals surface area contributed by atoms with Gasteiger partial charge in [-0.2, -0.15) is 0 Å². The predicted octanol–water partition coefficient (Wildman–Crippen LogP) is 3.23. The van der Waals surface area contributed by atoms with Gasteiger partial charge in [-0.05, 0) is 24.7 Å². The quantitative estimate of drug-likeness (QED) is 0.769. The van der Waals surface area contributed by atoms with E-state index in [9.17, 15) is 0 Å². The molecular weight excluding hydrogens is 246 g/mol. The average molecular weight is 266 g/mol. The fourth-order valence-corrected chi connectivity index (χ4v) is 3.55. The van der Waals surface area contributed by atoms with Crippen molar-refractivity contribution in [1.82, 2.24) is 9.97 Å². The summed E-state index contributed by atoms with van der Waals surface area (Å²) < 4.78 is 0. The Morgan fingerprint density at radius 2 is 2.00 bits per heavy atom. The van der Waals surface area contributed by atoms with Crippen LogP contribution in [0.4, 0.5) is 5.82 Å². The van der Waals surface area contributed by atoms with Crippen LogP contribution in [0.3, 0.4) is 0 Å². The fourth-order valence-electron chi connectivity index (χ4n) is 3.42. The largest absolute Gasteiger partial charge is 0.355 e. The molecule has 0 spiro atoms. The highest BCUT2D eigenvalue weighted by Crippen LogP contribution is 2.36. The number of anilines is 1. The van der Waals surface area contributed by atoms with Crippen molar-refractivity contribution in [3.05, 3.63) is 18.1 Å². The molecule has 0 N–H and O–H groups in total. The molecule has 1 aliphatic heterocycles. The zero-order chi connectivity index (χ0) is 12.4. The van der Waals surface area contributed by atoms with Crippen molar-refractivity contribution in [3.8, 4) is 0 Å². The highest BCUT2D eigenvalue weighted by atomic mass is 35.5. The van der Waals surface area contributed by atoms with E-state index < -0.39 is 0 Å². The Balaban J connectivity index is 1.72. The van der Waals surface area contributed by atoms with E-state index in [0.29, 0.717) is 5.88 Å². The van der Waals surface area contributed by atoms with Crippen LogP contribution in [0.15, 0.2) is 12.4 Å². The minimum absolute atomic E-state index is 0.445. The van der Waals surface area contributed by atoms with Gasteiger partial charge in [0, 0.05) is 19.3 Å². The molecule has 1 aliphatic carbocycles. The van der Waals surface area contributed by atoms with Crippen molar-refractivity contribution in [3.63, 3.8) is 0 Å². The topological polar surface area (TPSA) is 29.0 Å². The van der Waals surface area contributed by atoms with Gasteiger partial charge in [0.05, 0.1) is 17.8 Å². The maximum Gasteiger partial charge on any atom is 0.147 e. The first-order valence-electron chi connectivity index (χ1n) is 6.98. The first-order valence-corrected chi connectivity index (χ1v) is 7.52. The number of alkyl halides is 1. The number of rotatable bonds is 2. The maximum absolute atomic E-state index is 5.83. The third-order valence-corrected chi connectivity index (χ3v) is 4.70. The van der Waals surface area contributed by atoms with Gasteiger partial charge in [0.1, 0.15) is 5.82 Å². The van der Waals surface area contributed by atoms with E-state index >= 15 is 0 Å². The van der Waals surface area contributed by atoms with E-state index in [1.54, 1.807) is 6.20 Å². The number of nitrogens with zero attached hydrogens (tertiary/aromatic N) is 3. The van der Waals surface area contributed by atoms with Crippen molar-refractivity contribution in [2.45, 2.75) is 38.0 Å². The van der Waals surface area contributed by atoms with Crippen LogP contribution in [0.5, 0.6) is 0 Å². The van der Waals surface area contributed by atoms with Gasteiger partial charge in [0.2, 0.25) is 0 Å². The molecule has 98 valence electrons. The lowest BCUT2D eigenvalue weighted by atomic mass is 9.75. The van der Waals surface area contributed by atoms with Gasteiger partial charge in [0.15, 0.2) is 0 Å². The standard InChI is InChI=1S/C14H20ClN3/c15-7-13-8-16-9-14(17-13)18-6-5-11-3-1-2-4-12(11)10-18/h8-9,11-12H,1-7,10H2. The number of hydrogen-bond acceptors (Lipinski definition) is 3. The smallest absolute Gasteiger partial charge is 0.147 e. The zero-order valence-corrected chi connectivity index (χ0v) is 11.4. The molecule has 0 bridgehead atoms. The second kappa shape index (κ2) is 5.43. The molecule has 3 rings (SSSR count). The fraction of sp³-hybridized carbons (Fsp3) is 0.714. The first-order chi connectivity index (χ1) is 8.86. The number of fused-ring (bicyclic) bond motifs is 1. The molecule has 0 amide bonds. The van der Waals surface area contributed by atoms with Crippen LogP contribution in [0.25, 0.3) is 0 Å². The van der Waals surface area contributed by atoms with E-state index in [-0.39, 0.29) is 0 Å². The molecule has 4 heteroatoms. The van der Waals surface area contributed by atoms with Crippen molar-refractivity contribution in [2.75, 3.05) is 18.0 Å². The molecule has 1 aromatic rings. The van der Waals surface area contributed by atoms with Gasteiger partial charge in [-0.25, -0.2) is 4.98 Å². The van der Waals surface area contributed by atoms with E-state index in [4.69, 9.17) is 11.6 Å². The summed E-state index contributed by atoms with van der Waals surface area (Å²) in [7, 11) is 0. The number of hydrogen-bond donors (Lipinski definition) is 0. The minimum atomic E-state index is 0.445. The second-order valence-electron chi connectivity index (χ2n) is 5.54. The summed E-state index contributed by atoms with van der Waals surface area (Å²) in [6, 6.07) is 0. The molecule has 1 saturated heterocycles. The Kier molecular flexibility index (Phi) is 3.69. The van der Waals surface area contributed by atoms with Crippen LogP contribution < -0.4 is 4.90 Å². The summed E-state index contributed by atoms with van der Waals surface area (Å²) in [6.07, 6.45) is 10.6. The maximum atomic E-state index is 5.83. The number of aromatic nitrogens is 2. The molecule has 2 aliphatic rings. The number of halogens is 1. The zero-order valence-electron chi connectivity index (χ0n) is 10.7. The molecule has 3 nitrogen and oxygen atoms in total. The van der Waals surface area contributed by atoms with Crippen molar-refractivity contribution in [2.24, 2.45) is 11.8 Å². The van der Waals surface area contributed by atoms with Crippen LogP contribution >= 0.6 is 11.6 Å². The summed E-state index contributed by atoms with van der Waals surface area (Å²) >= 11 is 5.83. The Hall–Kier alpha value is -0.830. The molecule has 0 aromatic carbocycles. The van der Waals surface area contributed by atoms with Gasteiger partial charge >= 0.3 is 0 Å². The van der Waals surface area contributed by atoms with Gasteiger partial charge < -0.3 is 4.90 Å². The molecule has 2 atom stereocenters. The molecule has 1 aromatic heterocycles. The van der Waals surface area contributed by atoms with E-state index in [0.717, 1.165) is 36.4 Å². The van der Waals surface area contributed by atoms with Crippen LogP contribution in [0.2, 0.25) is 0 Å². The van der Waals surface area contributed by atoms with Gasteiger partial charge in [-0.15, -0.1) is 11.6 Å². The van der Waals surface area contributed by atoms with Crippen molar-refractivity contribution < 1.29 is 0 Å². The van der Waals surface area contributed by atoms with Crippen LogP contribution in [0, 0.1) is 11.8 Å². The van der Waals surface area contributed by atoms with Gasteiger partial charge in [-0.1, -0.05) is 19.3 Å². The average Bonchev–Trinajstić information content (AvgIpc) is 2.47. The SMILES string of the molecule is ClCc1cncc(N2CCC3CCCCC3C2)n1. The first kappa shape index (κ1) is 12.2. The monoisotopic (exact) mass is 265 g/mol. The molecule has 1 saturated carbocycles. The normalized spacial score (nSPS) is 27.9. The van der Waals surface area contributed by atoms with Crippen LogP contribution in [-0.2, 0) is 5.88 Å². The van der Waals surface area contributed by atoms with E-state index in [2.05, 4.69) is 14.9 Å². The highest BCUT2D eigenvalue weighted by molar-refractivity contribution is 6.16. The molecular formula is C14H20ClN3. The van der Waals surface area contributed by atoms with Crippen LogP contribution in [0.1, 0.15) is 37.8 Å². The molecule has 2 unspecified atom stereocenters. The van der Waals surface area contributed by atoms with Gasteiger partial charge in [-0.3, -0.25) is 4.98 Å². The Bertz CT molecular complexity index is 410.